The number of nitrogens with one attached hydrogen (secondary N) is 2. The van der Waals surface area contributed by atoms with Crippen molar-refractivity contribution in [2.75, 3.05) is 24.1 Å². The van der Waals surface area contributed by atoms with E-state index in [0.29, 0.717) is 28.0 Å². The Morgan fingerprint density at radius 1 is 1.11 bits per heavy atom. The molecule has 9 heteroatoms. The van der Waals surface area contributed by atoms with Gasteiger partial charge in [0.05, 0.1) is 16.3 Å². The van der Waals surface area contributed by atoms with Crippen LogP contribution in [0.25, 0.3) is 6.08 Å². The van der Waals surface area contributed by atoms with Crippen molar-refractivity contribution in [2.24, 2.45) is 0 Å². The van der Waals surface area contributed by atoms with Gasteiger partial charge in [-0.1, -0.05) is 41.4 Å². The molecule has 0 heterocycles. The molecule has 0 fully saturated rings. The third-order valence-corrected chi connectivity index (χ3v) is 4.54. The van der Waals surface area contributed by atoms with Crippen LogP contribution in [0.15, 0.2) is 48.5 Å². The van der Waals surface area contributed by atoms with E-state index in [9.17, 15) is 13.2 Å². The summed E-state index contributed by atoms with van der Waals surface area (Å²) < 4.78 is 30.0. The maximum atomic E-state index is 11.8. The van der Waals surface area contributed by atoms with Gasteiger partial charge in [0.25, 0.3) is 5.91 Å². The molecule has 2 rings (SSSR count). The lowest BCUT2D eigenvalue weighted by molar-refractivity contribution is -0.122. The van der Waals surface area contributed by atoms with Crippen molar-refractivity contribution in [3.05, 3.63) is 64.1 Å². The number of hydrogen-bond acceptors (Lipinski definition) is 4. The third-order valence-electron chi connectivity index (χ3n) is 3.20. The summed E-state index contributed by atoms with van der Waals surface area (Å²) in [4.78, 5) is 11.8. The molecule has 0 radical (unpaired) electrons. The molecule has 27 heavy (non-hydrogen) atoms. The summed E-state index contributed by atoms with van der Waals surface area (Å²) in [5, 5.41) is 3.64. The number of ether oxygens (including phenoxy) is 1. The molecule has 2 N–H and O–H groups in total. The van der Waals surface area contributed by atoms with Crippen LogP contribution in [-0.4, -0.2) is 33.7 Å². The Hall–Kier alpha value is -2.22. The zero-order valence-corrected chi connectivity index (χ0v) is 16.7. The van der Waals surface area contributed by atoms with Gasteiger partial charge in [-0.25, -0.2) is 8.42 Å². The van der Waals surface area contributed by atoms with E-state index in [1.54, 1.807) is 42.5 Å². The topological polar surface area (TPSA) is 84.5 Å². The van der Waals surface area contributed by atoms with E-state index in [0.717, 1.165) is 11.8 Å². The summed E-state index contributed by atoms with van der Waals surface area (Å²) in [6.45, 7) is 0.180. The highest BCUT2D eigenvalue weighted by Gasteiger charge is 2.04. The Bertz CT molecular complexity index is 929. The van der Waals surface area contributed by atoms with Gasteiger partial charge in [0.15, 0.2) is 6.61 Å². The highest BCUT2D eigenvalue weighted by molar-refractivity contribution is 7.92. The van der Waals surface area contributed by atoms with Gasteiger partial charge in [0, 0.05) is 12.2 Å². The molecular formula is C18H18Cl2N2O4S. The van der Waals surface area contributed by atoms with E-state index in [4.69, 9.17) is 27.9 Å². The Balaban J connectivity index is 1.74. The molecule has 0 aliphatic rings. The summed E-state index contributed by atoms with van der Waals surface area (Å²) in [5.41, 5.74) is 1.29. The van der Waals surface area contributed by atoms with Crippen LogP contribution in [0.5, 0.6) is 5.75 Å². The number of rotatable bonds is 8. The second kappa shape index (κ2) is 9.64. The summed E-state index contributed by atoms with van der Waals surface area (Å²) in [6.07, 6.45) is 4.66. The van der Waals surface area contributed by atoms with Crippen LogP contribution in [0.2, 0.25) is 10.0 Å². The quantitative estimate of drug-likeness (QED) is 0.672. The highest BCUT2D eigenvalue weighted by Crippen LogP contribution is 2.23. The van der Waals surface area contributed by atoms with Gasteiger partial charge in [-0.3, -0.25) is 9.52 Å². The average molecular weight is 429 g/mol. The first-order chi connectivity index (χ1) is 12.7. The molecular weight excluding hydrogens is 411 g/mol. The number of amides is 1. The minimum atomic E-state index is -3.33. The monoisotopic (exact) mass is 428 g/mol. The van der Waals surface area contributed by atoms with E-state index < -0.39 is 10.0 Å². The number of hydrogen-bond donors (Lipinski definition) is 2. The van der Waals surface area contributed by atoms with Crippen LogP contribution in [0, 0.1) is 0 Å². The van der Waals surface area contributed by atoms with Gasteiger partial charge >= 0.3 is 0 Å². The minimum absolute atomic E-state index is 0.153. The molecule has 1 amide bonds. The summed E-state index contributed by atoms with van der Waals surface area (Å²) in [5.74, 6) is 0.169. The fourth-order valence-electron chi connectivity index (χ4n) is 2.02. The SMILES string of the molecule is CS(=O)(=O)Nc1ccc(OCC(=O)NC/C=C/c2ccc(Cl)c(Cl)c2)cc1. The smallest absolute Gasteiger partial charge is 0.258 e. The molecule has 0 bridgehead atoms. The number of carbonyl (C=O) groups excluding carboxylic acids is 1. The molecule has 2 aromatic carbocycles. The highest BCUT2D eigenvalue weighted by atomic mass is 35.5. The zero-order valence-electron chi connectivity index (χ0n) is 14.4. The number of benzene rings is 2. The molecule has 0 aliphatic heterocycles. The molecule has 0 unspecified atom stereocenters. The third kappa shape index (κ3) is 7.90. The zero-order chi connectivity index (χ0) is 19.9. The predicted octanol–water partition coefficient (Wildman–Crippen LogP) is 3.57. The summed E-state index contributed by atoms with van der Waals surface area (Å²) in [6, 6.07) is 11.5. The van der Waals surface area contributed by atoms with Gasteiger partial charge in [-0.05, 0) is 42.0 Å². The van der Waals surface area contributed by atoms with E-state index in [1.807, 2.05) is 12.1 Å². The first-order valence-electron chi connectivity index (χ1n) is 7.82. The molecule has 0 atom stereocenters. The second-order valence-corrected chi connectivity index (χ2v) is 8.13. The van der Waals surface area contributed by atoms with Crippen molar-refractivity contribution in [3.8, 4) is 5.75 Å². The van der Waals surface area contributed by atoms with Crippen LogP contribution in [0.1, 0.15) is 5.56 Å². The largest absolute Gasteiger partial charge is 0.484 e. The standard InChI is InChI=1S/C18H18Cl2N2O4S/c1-27(24,25)22-14-5-7-15(8-6-14)26-12-18(23)21-10-2-3-13-4-9-16(19)17(20)11-13/h2-9,11,22H,10,12H2,1H3,(H,21,23)/b3-2+. The normalized spacial score (nSPS) is 11.4. The van der Waals surface area contributed by atoms with Crippen LogP contribution in [-0.2, 0) is 14.8 Å². The first-order valence-corrected chi connectivity index (χ1v) is 10.5. The van der Waals surface area contributed by atoms with E-state index in [2.05, 4.69) is 10.0 Å². The molecule has 6 nitrogen and oxygen atoms in total. The van der Waals surface area contributed by atoms with Crippen molar-refractivity contribution in [2.45, 2.75) is 0 Å². The van der Waals surface area contributed by atoms with Gasteiger partial charge in [-0.15, -0.1) is 0 Å². The minimum Gasteiger partial charge on any atom is -0.484 e. The van der Waals surface area contributed by atoms with Crippen molar-refractivity contribution in [1.82, 2.24) is 5.32 Å². The van der Waals surface area contributed by atoms with Gasteiger partial charge in [0.2, 0.25) is 10.0 Å². The maximum Gasteiger partial charge on any atom is 0.258 e. The van der Waals surface area contributed by atoms with Crippen molar-refractivity contribution in [1.29, 1.82) is 0 Å². The van der Waals surface area contributed by atoms with E-state index >= 15 is 0 Å². The first kappa shape index (κ1) is 21.1. The fourth-order valence-corrected chi connectivity index (χ4v) is 2.89. The van der Waals surface area contributed by atoms with Crippen LogP contribution >= 0.6 is 23.2 Å². The number of anilines is 1. The van der Waals surface area contributed by atoms with Crippen LogP contribution in [0.4, 0.5) is 5.69 Å². The van der Waals surface area contributed by atoms with E-state index in [1.165, 1.54) is 0 Å². The Morgan fingerprint density at radius 2 is 1.81 bits per heavy atom. The Kier molecular flexibility index (Phi) is 7.53. The predicted molar refractivity (Wildman–Crippen MR) is 109 cm³/mol. The lowest BCUT2D eigenvalue weighted by atomic mass is 10.2. The number of halogens is 2. The molecule has 0 spiro atoms. The van der Waals surface area contributed by atoms with Crippen LogP contribution < -0.4 is 14.8 Å². The number of sulfonamides is 1. The van der Waals surface area contributed by atoms with E-state index in [-0.39, 0.29) is 12.5 Å². The number of carbonyl (C=O) groups is 1. The summed E-state index contributed by atoms with van der Waals surface area (Å²) >= 11 is 11.8. The molecule has 0 aromatic heterocycles. The Morgan fingerprint density at radius 3 is 2.44 bits per heavy atom. The van der Waals surface area contributed by atoms with Crippen molar-refractivity contribution in [3.63, 3.8) is 0 Å². The maximum absolute atomic E-state index is 11.8. The molecule has 2 aromatic rings. The molecule has 0 aliphatic carbocycles. The lowest BCUT2D eigenvalue weighted by Gasteiger charge is -2.08. The average Bonchev–Trinajstić information content (AvgIpc) is 2.60. The fraction of sp³-hybridized carbons (Fsp3) is 0.167. The van der Waals surface area contributed by atoms with Gasteiger partial charge in [0.1, 0.15) is 5.75 Å². The van der Waals surface area contributed by atoms with Crippen molar-refractivity contribution < 1.29 is 17.9 Å². The van der Waals surface area contributed by atoms with Gasteiger partial charge in [-0.2, -0.15) is 0 Å². The second-order valence-electron chi connectivity index (χ2n) is 5.57. The Labute approximate surface area is 168 Å². The lowest BCUT2D eigenvalue weighted by Crippen LogP contribution is -2.28. The molecule has 144 valence electrons. The molecule has 0 saturated heterocycles. The molecule has 0 saturated carbocycles. The summed E-state index contributed by atoms with van der Waals surface area (Å²) in [7, 11) is -3.33. The van der Waals surface area contributed by atoms with Crippen LogP contribution in [0.3, 0.4) is 0 Å². The van der Waals surface area contributed by atoms with Crippen molar-refractivity contribution >= 4 is 50.9 Å². The van der Waals surface area contributed by atoms with Gasteiger partial charge < -0.3 is 10.1 Å².